The zero-order chi connectivity index (χ0) is 12.4. The Bertz CT molecular complexity index is 661. The Hall–Kier alpha value is -1.76. The average Bonchev–Trinajstić information content (AvgIpc) is 2.68. The fourth-order valence-electron chi connectivity index (χ4n) is 2.02. The van der Waals surface area contributed by atoms with Crippen LogP contribution in [0.15, 0.2) is 72.8 Å². The van der Waals surface area contributed by atoms with Crippen molar-refractivity contribution in [3.05, 3.63) is 72.8 Å². The van der Waals surface area contributed by atoms with Crippen LogP contribution in [0.25, 0.3) is 11.1 Å². The van der Waals surface area contributed by atoms with E-state index in [1.807, 2.05) is 66.7 Å². The zero-order valence-electron chi connectivity index (χ0n) is 9.74. The van der Waals surface area contributed by atoms with Gasteiger partial charge < -0.3 is 0 Å². The Kier molecular flexibility index (Phi) is 3.06. The van der Waals surface area contributed by atoms with Gasteiger partial charge in [-0.25, -0.2) is 0 Å². The Morgan fingerprint density at radius 1 is 0.667 bits per heavy atom. The molecule has 0 fully saturated rings. The minimum absolute atomic E-state index is 0.941. The number of fused-ring (bicyclic) bond motifs is 1. The first kappa shape index (κ1) is 11.3. The van der Waals surface area contributed by atoms with Crippen molar-refractivity contribution < 1.29 is 3.83 Å². The standard InChI is InChI=1S/C16H12OSe/c17-18(14-8-4-2-5-9-14)16-12-11-13-7-3-1-6-10-15(13)16/h1-12H. The van der Waals surface area contributed by atoms with Gasteiger partial charge in [0.15, 0.2) is 0 Å². The van der Waals surface area contributed by atoms with Gasteiger partial charge in [-0.1, -0.05) is 0 Å². The van der Waals surface area contributed by atoms with Crippen LogP contribution in [0.5, 0.6) is 0 Å². The molecule has 1 aromatic carbocycles. The molecule has 18 heavy (non-hydrogen) atoms. The molecule has 0 amide bonds. The molecule has 2 heteroatoms. The van der Waals surface area contributed by atoms with Crippen molar-refractivity contribution in [3.8, 4) is 11.1 Å². The molecular formula is C16H12OSe. The van der Waals surface area contributed by atoms with Crippen LogP contribution in [0.2, 0.25) is 0 Å². The molecule has 1 aromatic rings. The molecular weight excluding hydrogens is 287 g/mol. The molecule has 2 aliphatic rings. The second-order valence-corrected chi connectivity index (χ2v) is 7.10. The van der Waals surface area contributed by atoms with E-state index in [9.17, 15) is 3.83 Å². The van der Waals surface area contributed by atoms with Gasteiger partial charge in [0, 0.05) is 0 Å². The van der Waals surface area contributed by atoms with E-state index < -0.39 is 13.8 Å². The first-order chi connectivity index (χ1) is 8.86. The third kappa shape index (κ3) is 2.01. The Labute approximate surface area is 111 Å². The number of hydrogen-bond donors (Lipinski definition) is 0. The Morgan fingerprint density at radius 2 is 1.33 bits per heavy atom. The molecule has 2 aliphatic carbocycles. The van der Waals surface area contributed by atoms with Gasteiger partial charge in [-0.05, 0) is 0 Å². The molecule has 0 saturated carbocycles. The Morgan fingerprint density at radius 3 is 2.11 bits per heavy atom. The SMILES string of the molecule is O=[Se](c1ccccc1)c1ccc2cccccc1-2. The first-order valence-corrected chi connectivity index (χ1v) is 8.22. The van der Waals surface area contributed by atoms with Crippen LogP contribution in [0.4, 0.5) is 0 Å². The maximum atomic E-state index is 12.6. The molecule has 0 N–H and O–H groups in total. The molecule has 0 aliphatic heterocycles. The third-order valence-electron chi connectivity index (χ3n) is 2.91. The maximum absolute atomic E-state index is 12.6. The summed E-state index contributed by atoms with van der Waals surface area (Å²) in [5.74, 6) is 0. The summed E-state index contributed by atoms with van der Waals surface area (Å²) in [6.45, 7) is 0. The average molecular weight is 299 g/mol. The van der Waals surface area contributed by atoms with Gasteiger partial charge in [-0.15, -0.1) is 0 Å². The van der Waals surface area contributed by atoms with Gasteiger partial charge in [0.2, 0.25) is 0 Å². The Balaban J connectivity index is 2.10. The van der Waals surface area contributed by atoms with Crippen LogP contribution < -0.4 is 8.92 Å². The van der Waals surface area contributed by atoms with Crippen molar-refractivity contribution in [3.63, 3.8) is 0 Å². The quantitative estimate of drug-likeness (QED) is 0.664. The molecule has 0 aromatic heterocycles. The van der Waals surface area contributed by atoms with Crippen molar-refractivity contribution in [2.24, 2.45) is 0 Å². The summed E-state index contributed by atoms with van der Waals surface area (Å²) in [6, 6.07) is 23.9. The molecule has 1 atom stereocenters. The van der Waals surface area contributed by atoms with E-state index in [0.29, 0.717) is 0 Å². The molecule has 0 bridgehead atoms. The first-order valence-electron chi connectivity index (χ1n) is 5.81. The molecule has 1 unspecified atom stereocenters. The van der Waals surface area contributed by atoms with Gasteiger partial charge in [0.1, 0.15) is 0 Å². The van der Waals surface area contributed by atoms with E-state index in [1.165, 1.54) is 0 Å². The molecule has 0 heterocycles. The summed E-state index contributed by atoms with van der Waals surface area (Å²) in [4.78, 5) is 0. The van der Waals surface area contributed by atoms with Crippen LogP contribution in [-0.4, -0.2) is 13.8 Å². The van der Waals surface area contributed by atoms with E-state index in [2.05, 4.69) is 6.07 Å². The van der Waals surface area contributed by atoms with Gasteiger partial charge in [-0.3, -0.25) is 0 Å². The van der Waals surface area contributed by atoms with Crippen molar-refractivity contribution in [1.82, 2.24) is 0 Å². The fourth-order valence-corrected chi connectivity index (χ4v) is 4.61. The summed E-state index contributed by atoms with van der Waals surface area (Å²) in [5.41, 5.74) is 2.25. The van der Waals surface area contributed by atoms with E-state index in [1.54, 1.807) is 0 Å². The summed E-state index contributed by atoms with van der Waals surface area (Å²) in [7, 11) is 0. The molecule has 0 spiro atoms. The molecule has 0 saturated heterocycles. The normalized spacial score (nSPS) is 12.4. The summed E-state index contributed by atoms with van der Waals surface area (Å²) in [6.07, 6.45) is 0. The van der Waals surface area contributed by atoms with Crippen LogP contribution in [0.1, 0.15) is 0 Å². The second-order valence-electron chi connectivity index (χ2n) is 4.06. The van der Waals surface area contributed by atoms with Crippen molar-refractivity contribution >= 4 is 22.8 Å². The topological polar surface area (TPSA) is 17.1 Å². The van der Waals surface area contributed by atoms with Crippen LogP contribution >= 0.6 is 0 Å². The van der Waals surface area contributed by atoms with Crippen molar-refractivity contribution in [2.75, 3.05) is 0 Å². The summed E-state index contributed by atoms with van der Waals surface area (Å²) in [5, 5.41) is 0. The number of benzene rings is 1. The van der Waals surface area contributed by atoms with Gasteiger partial charge in [0.25, 0.3) is 0 Å². The predicted molar refractivity (Wildman–Crippen MR) is 75.2 cm³/mol. The van der Waals surface area contributed by atoms with Gasteiger partial charge in [0.05, 0.1) is 0 Å². The van der Waals surface area contributed by atoms with Gasteiger partial charge >= 0.3 is 111 Å². The van der Waals surface area contributed by atoms with Crippen molar-refractivity contribution in [2.45, 2.75) is 0 Å². The number of rotatable bonds is 2. The fraction of sp³-hybridized carbons (Fsp3) is 0. The summed E-state index contributed by atoms with van der Waals surface area (Å²) < 4.78 is 14.6. The minimum atomic E-state index is -2.16. The summed E-state index contributed by atoms with van der Waals surface area (Å²) >= 11 is -2.16. The number of hydrogen-bond acceptors (Lipinski definition) is 1. The monoisotopic (exact) mass is 300 g/mol. The van der Waals surface area contributed by atoms with E-state index in [-0.39, 0.29) is 0 Å². The zero-order valence-corrected chi connectivity index (χ0v) is 11.5. The molecule has 88 valence electrons. The molecule has 3 rings (SSSR count). The van der Waals surface area contributed by atoms with Gasteiger partial charge in [-0.2, -0.15) is 0 Å². The van der Waals surface area contributed by atoms with Crippen LogP contribution in [0, 0.1) is 0 Å². The molecule has 1 nitrogen and oxygen atoms in total. The predicted octanol–water partition coefficient (Wildman–Crippen LogP) is 2.33. The van der Waals surface area contributed by atoms with Crippen LogP contribution in [-0.2, 0) is 3.83 Å². The third-order valence-corrected chi connectivity index (χ3v) is 5.96. The van der Waals surface area contributed by atoms with E-state index >= 15 is 0 Å². The molecule has 0 radical (unpaired) electrons. The van der Waals surface area contributed by atoms with E-state index in [4.69, 9.17) is 0 Å². The van der Waals surface area contributed by atoms with Crippen LogP contribution in [0.3, 0.4) is 0 Å². The second kappa shape index (κ2) is 4.85. The van der Waals surface area contributed by atoms with E-state index in [0.717, 1.165) is 20.1 Å². The van der Waals surface area contributed by atoms with Crippen molar-refractivity contribution in [1.29, 1.82) is 0 Å².